The first kappa shape index (κ1) is 12.2. The Labute approximate surface area is 152 Å². The van der Waals surface area contributed by atoms with Gasteiger partial charge in [0.2, 0.25) is 0 Å². The lowest BCUT2D eigenvalue weighted by atomic mass is 9.98. The predicted octanol–water partition coefficient (Wildman–Crippen LogP) is 6.39. The molecule has 1 heteroatoms. The minimum atomic E-state index is -2.22. The third kappa shape index (κ3) is 3.22. The normalized spacial score (nSPS) is 12.9. The van der Waals surface area contributed by atoms with Gasteiger partial charge in [-0.25, -0.2) is 0 Å². The van der Waals surface area contributed by atoms with E-state index >= 15 is 0 Å². The van der Waals surface area contributed by atoms with Crippen molar-refractivity contribution >= 4 is 0 Å². The lowest BCUT2D eigenvalue weighted by molar-refractivity contribution is 1.27. The topological polar surface area (TPSA) is 12.9 Å². The molecule has 0 atom stereocenters. The number of pyridine rings is 1. The first-order valence-electron chi connectivity index (χ1n) is 9.74. The Bertz CT molecular complexity index is 1090. The van der Waals surface area contributed by atoms with Gasteiger partial charge in [0.1, 0.15) is 0 Å². The summed E-state index contributed by atoms with van der Waals surface area (Å²) in [6.45, 7) is -2.22. The van der Waals surface area contributed by atoms with Crippen LogP contribution in [0.3, 0.4) is 0 Å². The molecule has 0 aliphatic carbocycles. The van der Waals surface area contributed by atoms with Crippen LogP contribution < -0.4 is 0 Å². The quantitative estimate of drug-likeness (QED) is 0.425. The highest BCUT2D eigenvalue weighted by molar-refractivity contribution is 5.76. The summed E-state index contributed by atoms with van der Waals surface area (Å²) in [5.41, 5.74) is 5.77. The largest absolute Gasteiger partial charge is 0.256 e. The number of hydrogen-bond acceptors (Lipinski definition) is 1. The second-order valence-electron chi connectivity index (χ2n) is 5.93. The summed E-state index contributed by atoms with van der Waals surface area (Å²) in [4.78, 5) is 4.48. The van der Waals surface area contributed by atoms with E-state index in [1.165, 1.54) is 6.20 Å². The van der Waals surface area contributed by atoms with Crippen LogP contribution in [0.1, 0.15) is 9.68 Å². The third-order valence-corrected chi connectivity index (χ3v) is 4.25. The van der Waals surface area contributed by atoms with Gasteiger partial charge in [-0.3, -0.25) is 4.98 Å². The first-order chi connectivity index (χ1) is 13.5. The monoisotopic (exact) mass is 324 g/mol. The molecule has 1 nitrogen and oxygen atoms in total. The van der Waals surface area contributed by atoms with Gasteiger partial charge < -0.3 is 0 Å². The van der Waals surface area contributed by atoms with Crippen molar-refractivity contribution in [1.29, 1.82) is 0 Å². The van der Waals surface area contributed by atoms with Crippen molar-refractivity contribution in [3.05, 3.63) is 103 Å². The summed E-state index contributed by atoms with van der Waals surface area (Å²) >= 11 is 0. The van der Waals surface area contributed by atoms with Gasteiger partial charge in [-0.15, -0.1) is 0 Å². The molecule has 0 aliphatic heterocycles. The SMILES string of the molecule is [2H]C([2H])([2H])c1cnc(-c2cccc(-c3ccccc3)c2)cc1-c1ccccc1. The fourth-order valence-electron chi connectivity index (χ4n) is 2.96. The van der Waals surface area contributed by atoms with Crippen LogP contribution in [-0.4, -0.2) is 4.98 Å². The molecule has 0 saturated heterocycles. The minimum Gasteiger partial charge on any atom is -0.256 e. The highest BCUT2D eigenvalue weighted by Crippen LogP contribution is 2.29. The van der Waals surface area contributed by atoms with E-state index in [0.29, 0.717) is 5.56 Å². The molecule has 0 bridgehead atoms. The molecular formula is C24H19N. The smallest absolute Gasteiger partial charge is 0.0708 e. The van der Waals surface area contributed by atoms with E-state index in [4.69, 9.17) is 4.11 Å². The Balaban J connectivity index is 1.84. The summed E-state index contributed by atoms with van der Waals surface area (Å²) < 4.78 is 23.6. The summed E-state index contributed by atoms with van der Waals surface area (Å²) in [5, 5.41) is 0. The number of rotatable bonds is 3. The lowest BCUT2D eigenvalue weighted by Gasteiger charge is -2.10. The molecule has 0 fully saturated rings. The van der Waals surface area contributed by atoms with Crippen molar-refractivity contribution in [2.24, 2.45) is 0 Å². The highest BCUT2D eigenvalue weighted by atomic mass is 14.7. The zero-order valence-corrected chi connectivity index (χ0v) is 13.7. The van der Waals surface area contributed by atoms with Crippen LogP contribution in [0.15, 0.2) is 97.2 Å². The van der Waals surface area contributed by atoms with Crippen LogP contribution >= 0.6 is 0 Å². The second kappa shape index (κ2) is 6.74. The fraction of sp³-hybridized carbons (Fsp3) is 0.0417. The van der Waals surface area contributed by atoms with Crippen LogP contribution in [-0.2, 0) is 0 Å². The Morgan fingerprint density at radius 2 is 1.28 bits per heavy atom. The third-order valence-electron chi connectivity index (χ3n) is 4.25. The average molecular weight is 324 g/mol. The van der Waals surface area contributed by atoms with E-state index < -0.39 is 6.85 Å². The molecule has 0 N–H and O–H groups in total. The van der Waals surface area contributed by atoms with Gasteiger partial charge in [-0.2, -0.15) is 0 Å². The summed E-state index contributed by atoms with van der Waals surface area (Å²) in [5.74, 6) is 0. The molecule has 0 saturated carbocycles. The van der Waals surface area contributed by atoms with Crippen molar-refractivity contribution in [3.8, 4) is 33.5 Å². The average Bonchev–Trinajstić information content (AvgIpc) is 2.74. The zero-order valence-electron chi connectivity index (χ0n) is 16.7. The molecule has 4 rings (SSSR count). The maximum Gasteiger partial charge on any atom is 0.0708 e. The van der Waals surface area contributed by atoms with Gasteiger partial charge in [-0.05, 0) is 46.8 Å². The predicted molar refractivity (Wildman–Crippen MR) is 105 cm³/mol. The summed E-state index contributed by atoms with van der Waals surface area (Å²) in [6, 6.07) is 29.8. The molecule has 120 valence electrons. The fourth-order valence-corrected chi connectivity index (χ4v) is 2.96. The number of hydrogen-bond donors (Lipinski definition) is 0. The Kier molecular flexibility index (Phi) is 3.29. The van der Waals surface area contributed by atoms with Gasteiger partial charge >= 0.3 is 0 Å². The molecule has 0 radical (unpaired) electrons. The van der Waals surface area contributed by atoms with Gasteiger partial charge in [0.25, 0.3) is 0 Å². The summed E-state index contributed by atoms with van der Waals surface area (Å²) in [6.07, 6.45) is 1.49. The van der Waals surface area contributed by atoms with Gasteiger partial charge in [0, 0.05) is 15.9 Å². The molecule has 1 heterocycles. The van der Waals surface area contributed by atoms with Crippen LogP contribution in [0.5, 0.6) is 0 Å². The molecular weight excluding hydrogens is 302 g/mol. The van der Waals surface area contributed by atoms with Crippen molar-refractivity contribution in [1.82, 2.24) is 4.98 Å². The van der Waals surface area contributed by atoms with E-state index in [0.717, 1.165) is 27.9 Å². The molecule has 4 aromatic rings. The molecule has 0 amide bonds. The maximum absolute atomic E-state index is 7.88. The number of aryl methyl sites for hydroxylation is 1. The Hall–Kier alpha value is -3.19. The zero-order chi connectivity index (χ0) is 19.6. The molecule has 3 aromatic carbocycles. The first-order valence-corrected chi connectivity index (χ1v) is 8.24. The van der Waals surface area contributed by atoms with Crippen molar-refractivity contribution in [3.63, 3.8) is 0 Å². The van der Waals surface area contributed by atoms with E-state index in [1.54, 1.807) is 0 Å². The van der Waals surface area contributed by atoms with Gasteiger partial charge in [-0.1, -0.05) is 78.9 Å². The highest BCUT2D eigenvalue weighted by Gasteiger charge is 2.07. The van der Waals surface area contributed by atoms with E-state index in [9.17, 15) is 0 Å². The standard InChI is InChI=1S/C24H19N/c1-18-17-25-24(16-23(18)20-11-6-3-7-12-20)22-14-8-13-21(15-22)19-9-4-2-5-10-19/h2-17H,1H3/i1D3. The van der Waals surface area contributed by atoms with Crippen LogP contribution in [0.4, 0.5) is 0 Å². The van der Waals surface area contributed by atoms with E-state index in [-0.39, 0.29) is 5.56 Å². The van der Waals surface area contributed by atoms with Crippen LogP contribution in [0.25, 0.3) is 33.5 Å². The Morgan fingerprint density at radius 1 is 0.640 bits per heavy atom. The van der Waals surface area contributed by atoms with E-state index in [2.05, 4.69) is 29.2 Å². The summed E-state index contributed by atoms with van der Waals surface area (Å²) in [7, 11) is 0. The number of aromatic nitrogens is 1. The van der Waals surface area contributed by atoms with E-state index in [1.807, 2.05) is 66.7 Å². The lowest BCUT2D eigenvalue weighted by Crippen LogP contribution is -1.90. The van der Waals surface area contributed by atoms with Gasteiger partial charge in [0.05, 0.1) is 5.69 Å². The number of nitrogens with zero attached hydrogens (tertiary/aromatic N) is 1. The molecule has 1 aromatic heterocycles. The van der Waals surface area contributed by atoms with Crippen molar-refractivity contribution in [2.75, 3.05) is 0 Å². The number of benzene rings is 3. The van der Waals surface area contributed by atoms with Crippen LogP contribution in [0, 0.1) is 6.85 Å². The van der Waals surface area contributed by atoms with Gasteiger partial charge in [0.15, 0.2) is 0 Å². The maximum atomic E-state index is 7.88. The molecule has 25 heavy (non-hydrogen) atoms. The van der Waals surface area contributed by atoms with Crippen LogP contribution in [0.2, 0.25) is 0 Å². The van der Waals surface area contributed by atoms with Crippen molar-refractivity contribution in [2.45, 2.75) is 6.85 Å². The molecule has 0 unspecified atom stereocenters. The second-order valence-corrected chi connectivity index (χ2v) is 5.93. The molecule has 0 spiro atoms. The minimum absolute atomic E-state index is 0.265. The Morgan fingerprint density at radius 3 is 2.00 bits per heavy atom. The molecule has 0 aliphatic rings. The van der Waals surface area contributed by atoms with Crippen molar-refractivity contribution < 1.29 is 4.11 Å².